The molecule has 0 aliphatic carbocycles. The van der Waals surface area contributed by atoms with Crippen molar-refractivity contribution in [1.29, 1.82) is 0 Å². The van der Waals surface area contributed by atoms with Gasteiger partial charge in [0.2, 0.25) is 15.9 Å². The zero-order valence-electron chi connectivity index (χ0n) is 12.5. The van der Waals surface area contributed by atoms with Gasteiger partial charge in [0.1, 0.15) is 5.82 Å². The van der Waals surface area contributed by atoms with E-state index < -0.39 is 15.8 Å². The largest absolute Gasteiger partial charge is 0.326 e. The third-order valence-electron chi connectivity index (χ3n) is 3.10. The smallest absolute Gasteiger partial charge is 0.240 e. The van der Waals surface area contributed by atoms with E-state index in [9.17, 15) is 17.6 Å². The average molecular weight is 336 g/mol. The molecule has 0 unspecified atom stereocenters. The van der Waals surface area contributed by atoms with Crippen molar-refractivity contribution in [1.82, 2.24) is 4.72 Å². The van der Waals surface area contributed by atoms with Crippen LogP contribution in [-0.4, -0.2) is 20.9 Å². The monoisotopic (exact) mass is 336 g/mol. The van der Waals surface area contributed by atoms with E-state index in [0.29, 0.717) is 5.69 Å². The summed E-state index contributed by atoms with van der Waals surface area (Å²) in [5, 5.41) is 2.68. The van der Waals surface area contributed by atoms with E-state index in [4.69, 9.17) is 0 Å². The Kier molecular flexibility index (Phi) is 5.46. The molecule has 0 saturated carbocycles. The number of nitrogens with one attached hydrogen (secondary N) is 2. The second kappa shape index (κ2) is 7.34. The minimum absolute atomic E-state index is 0.00565. The lowest BCUT2D eigenvalue weighted by Crippen LogP contribution is -2.27. The molecule has 0 saturated heterocycles. The molecule has 0 aliphatic rings. The zero-order chi connectivity index (χ0) is 16.9. The predicted octanol–water partition coefficient (Wildman–Crippen LogP) is 2.44. The summed E-state index contributed by atoms with van der Waals surface area (Å²) in [5.74, 6) is -0.808. The fourth-order valence-corrected chi connectivity index (χ4v) is 2.89. The number of aryl methyl sites for hydroxylation is 1. The number of amides is 1. The first-order valence-corrected chi connectivity index (χ1v) is 8.47. The molecule has 2 rings (SSSR count). The summed E-state index contributed by atoms with van der Waals surface area (Å²) < 4.78 is 39.0. The van der Waals surface area contributed by atoms with Gasteiger partial charge in [-0.05, 0) is 43.3 Å². The summed E-state index contributed by atoms with van der Waals surface area (Å²) in [4.78, 5) is 11.7. The van der Waals surface area contributed by atoms with Crippen molar-refractivity contribution in [3.05, 3.63) is 59.9 Å². The van der Waals surface area contributed by atoms with Crippen LogP contribution in [0.5, 0.6) is 0 Å². The molecule has 0 fully saturated rings. The lowest BCUT2D eigenvalue weighted by Gasteiger charge is -2.08. The van der Waals surface area contributed by atoms with Crippen molar-refractivity contribution < 1.29 is 17.6 Å². The van der Waals surface area contributed by atoms with E-state index in [1.54, 1.807) is 12.1 Å². The van der Waals surface area contributed by atoms with Gasteiger partial charge in [0.25, 0.3) is 0 Å². The Morgan fingerprint density at radius 1 is 1.04 bits per heavy atom. The molecule has 0 spiro atoms. The standard InChI is InChI=1S/C16H17FN2O3S/c1-12-2-6-14(7-3-12)19-16(20)10-11-18-23(21,22)15-8-4-13(17)5-9-15/h2-9,18H,10-11H2,1H3,(H,19,20). The van der Waals surface area contributed by atoms with Crippen LogP contribution in [0.3, 0.4) is 0 Å². The van der Waals surface area contributed by atoms with E-state index in [1.165, 1.54) is 12.1 Å². The Morgan fingerprint density at radius 3 is 2.26 bits per heavy atom. The molecule has 2 aromatic rings. The fraction of sp³-hybridized carbons (Fsp3) is 0.188. The molecule has 0 aromatic heterocycles. The molecule has 0 bridgehead atoms. The number of carbonyl (C=O) groups excluding carboxylic acids is 1. The summed E-state index contributed by atoms with van der Waals surface area (Å²) in [5.41, 5.74) is 1.73. The van der Waals surface area contributed by atoms with Crippen molar-refractivity contribution in [3.63, 3.8) is 0 Å². The molecular weight excluding hydrogens is 319 g/mol. The normalized spacial score (nSPS) is 11.2. The highest BCUT2D eigenvalue weighted by Gasteiger charge is 2.14. The Hall–Kier alpha value is -2.25. The maximum atomic E-state index is 12.8. The molecule has 122 valence electrons. The second-order valence-electron chi connectivity index (χ2n) is 5.02. The van der Waals surface area contributed by atoms with E-state index in [1.807, 2.05) is 19.1 Å². The Balaban J connectivity index is 1.85. The van der Waals surface area contributed by atoms with Crippen molar-refractivity contribution in [2.24, 2.45) is 0 Å². The number of hydrogen-bond acceptors (Lipinski definition) is 3. The van der Waals surface area contributed by atoms with E-state index in [2.05, 4.69) is 10.0 Å². The molecule has 1 amide bonds. The summed E-state index contributed by atoms with van der Waals surface area (Å²) in [6.07, 6.45) is -0.00565. The minimum Gasteiger partial charge on any atom is -0.326 e. The molecule has 0 heterocycles. The van der Waals surface area contributed by atoms with Crippen LogP contribution in [0.4, 0.5) is 10.1 Å². The molecule has 5 nitrogen and oxygen atoms in total. The van der Waals surface area contributed by atoms with Crippen LogP contribution >= 0.6 is 0 Å². The number of anilines is 1. The van der Waals surface area contributed by atoms with Gasteiger partial charge in [-0.1, -0.05) is 17.7 Å². The first-order chi connectivity index (χ1) is 10.9. The summed E-state index contributed by atoms with van der Waals surface area (Å²) >= 11 is 0. The zero-order valence-corrected chi connectivity index (χ0v) is 13.4. The van der Waals surface area contributed by atoms with Crippen molar-refractivity contribution in [2.45, 2.75) is 18.2 Å². The quantitative estimate of drug-likeness (QED) is 0.851. The molecule has 0 aliphatic heterocycles. The molecule has 2 N–H and O–H groups in total. The number of sulfonamides is 1. The van der Waals surface area contributed by atoms with E-state index in [0.717, 1.165) is 17.7 Å². The lowest BCUT2D eigenvalue weighted by atomic mass is 10.2. The highest BCUT2D eigenvalue weighted by Crippen LogP contribution is 2.10. The number of rotatable bonds is 6. The number of halogens is 1. The van der Waals surface area contributed by atoms with Gasteiger partial charge in [0.05, 0.1) is 4.90 Å². The minimum atomic E-state index is -3.75. The Morgan fingerprint density at radius 2 is 1.65 bits per heavy atom. The third-order valence-corrected chi connectivity index (χ3v) is 4.58. The van der Waals surface area contributed by atoms with Gasteiger partial charge in [-0.15, -0.1) is 0 Å². The highest BCUT2D eigenvalue weighted by molar-refractivity contribution is 7.89. The molecule has 0 atom stereocenters. The van der Waals surface area contributed by atoms with E-state index in [-0.39, 0.29) is 23.8 Å². The van der Waals surface area contributed by atoms with Crippen molar-refractivity contribution >= 4 is 21.6 Å². The molecule has 0 radical (unpaired) electrons. The fourth-order valence-electron chi connectivity index (χ4n) is 1.86. The molecule has 2 aromatic carbocycles. The van der Waals surface area contributed by atoms with Gasteiger partial charge < -0.3 is 5.32 Å². The van der Waals surface area contributed by atoms with Gasteiger partial charge in [-0.25, -0.2) is 17.5 Å². The summed E-state index contributed by atoms with van der Waals surface area (Å²) in [6.45, 7) is 1.90. The van der Waals surface area contributed by atoms with Crippen LogP contribution in [-0.2, 0) is 14.8 Å². The summed E-state index contributed by atoms with van der Waals surface area (Å²) in [6, 6.07) is 11.8. The molecule has 7 heteroatoms. The number of carbonyl (C=O) groups is 1. The number of hydrogen-bond donors (Lipinski definition) is 2. The Bertz CT molecular complexity index is 772. The maximum absolute atomic E-state index is 12.8. The van der Waals surface area contributed by atoms with Crippen LogP contribution in [0.15, 0.2) is 53.4 Å². The molecule has 23 heavy (non-hydrogen) atoms. The van der Waals surface area contributed by atoms with Crippen LogP contribution in [0.2, 0.25) is 0 Å². The van der Waals surface area contributed by atoms with Gasteiger partial charge in [-0.3, -0.25) is 4.79 Å². The SMILES string of the molecule is Cc1ccc(NC(=O)CCNS(=O)(=O)c2ccc(F)cc2)cc1. The molecular formula is C16H17FN2O3S. The first-order valence-electron chi connectivity index (χ1n) is 6.98. The van der Waals surface area contributed by atoms with Crippen molar-refractivity contribution in [2.75, 3.05) is 11.9 Å². The topological polar surface area (TPSA) is 75.3 Å². The summed E-state index contributed by atoms with van der Waals surface area (Å²) in [7, 11) is -3.75. The van der Waals surface area contributed by atoms with Crippen LogP contribution in [0.25, 0.3) is 0 Å². The van der Waals surface area contributed by atoms with Gasteiger partial charge in [0.15, 0.2) is 0 Å². The predicted molar refractivity (Wildman–Crippen MR) is 86.0 cm³/mol. The number of benzene rings is 2. The maximum Gasteiger partial charge on any atom is 0.240 e. The highest BCUT2D eigenvalue weighted by atomic mass is 32.2. The van der Waals surface area contributed by atoms with Crippen LogP contribution in [0, 0.1) is 12.7 Å². The van der Waals surface area contributed by atoms with Gasteiger partial charge in [0, 0.05) is 18.7 Å². The van der Waals surface area contributed by atoms with Crippen LogP contribution in [0.1, 0.15) is 12.0 Å². The first kappa shape index (κ1) is 17.1. The van der Waals surface area contributed by atoms with Gasteiger partial charge in [-0.2, -0.15) is 0 Å². The van der Waals surface area contributed by atoms with Crippen LogP contribution < -0.4 is 10.0 Å². The Labute approximate surface area is 134 Å². The third kappa shape index (κ3) is 5.15. The average Bonchev–Trinajstić information content (AvgIpc) is 2.50. The second-order valence-corrected chi connectivity index (χ2v) is 6.78. The van der Waals surface area contributed by atoms with Crippen molar-refractivity contribution in [3.8, 4) is 0 Å². The van der Waals surface area contributed by atoms with E-state index >= 15 is 0 Å². The van der Waals surface area contributed by atoms with Gasteiger partial charge >= 0.3 is 0 Å². The lowest BCUT2D eigenvalue weighted by molar-refractivity contribution is -0.116.